The Morgan fingerprint density at radius 2 is 1.83 bits per heavy atom. The lowest BCUT2D eigenvalue weighted by Crippen LogP contribution is -2.27. The van der Waals surface area contributed by atoms with Crippen molar-refractivity contribution in [2.45, 2.75) is 26.8 Å². The first kappa shape index (κ1) is 20.5. The molecule has 1 aromatic heterocycles. The van der Waals surface area contributed by atoms with Gasteiger partial charge in [0, 0.05) is 19.2 Å². The number of aromatic nitrogens is 2. The molecule has 3 aromatic rings. The van der Waals surface area contributed by atoms with Crippen LogP contribution in [0, 0.1) is 6.92 Å². The van der Waals surface area contributed by atoms with E-state index < -0.39 is 0 Å². The van der Waals surface area contributed by atoms with E-state index in [9.17, 15) is 4.79 Å². The fourth-order valence-corrected chi connectivity index (χ4v) is 3.41. The van der Waals surface area contributed by atoms with E-state index in [0.717, 1.165) is 16.9 Å². The van der Waals surface area contributed by atoms with Gasteiger partial charge in [0.05, 0.1) is 37.4 Å². The average Bonchev–Trinajstić information content (AvgIpc) is 3.17. The smallest absolute Gasteiger partial charge is 0.257 e. The Hall–Kier alpha value is -3.28. The first-order valence-corrected chi connectivity index (χ1v) is 9.59. The van der Waals surface area contributed by atoms with Gasteiger partial charge in [0.1, 0.15) is 0 Å². The zero-order chi connectivity index (χ0) is 21.0. The quantitative estimate of drug-likeness (QED) is 0.608. The second-order valence-corrected chi connectivity index (χ2v) is 6.92. The summed E-state index contributed by atoms with van der Waals surface area (Å²) in [5.41, 5.74) is 4.51. The van der Waals surface area contributed by atoms with Crippen molar-refractivity contribution in [3.8, 4) is 17.2 Å². The molecule has 0 aliphatic rings. The molecule has 0 aliphatic carbocycles. The molecule has 2 aromatic carbocycles. The Balaban J connectivity index is 1.88. The highest BCUT2D eigenvalue weighted by atomic mass is 16.5. The van der Waals surface area contributed by atoms with Crippen molar-refractivity contribution in [1.82, 2.24) is 14.7 Å². The fourth-order valence-electron chi connectivity index (χ4n) is 3.41. The standard InChI is InChI=1S/C23H27N3O3/c1-6-20-19(14-24-26(20)18-12-10-16(2)11-13-18)23(27)25(3)15-17-8-7-9-21(28-4)22(17)29-5/h7-14H,6,15H2,1-5H3. The van der Waals surface area contributed by atoms with Gasteiger partial charge in [-0.3, -0.25) is 4.79 Å². The maximum absolute atomic E-state index is 13.2. The third kappa shape index (κ3) is 4.11. The molecule has 0 saturated heterocycles. The summed E-state index contributed by atoms with van der Waals surface area (Å²) < 4.78 is 12.7. The summed E-state index contributed by atoms with van der Waals surface area (Å²) in [5, 5.41) is 4.48. The molecule has 0 atom stereocenters. The molecule has 1 amide bonds. The van der Waals surface area contributed by atoms with Crippen LogP contribution >= 0.6 is 0 Å². The molecule has 0 unspecified atom stereocenters. The van der Waals surface area contributed by atoms with Gasteiger partial charge in [-0.25, -0.2) is 4.68 Å². The van der Waals surface area contributed by atoms with E-state index in [1.165, 1.54) is 5.56 Å². The Kier molecular flexibility index (Phi) is 6.22. The van der Waals surface area contributed by atoms with Crippen LogP contribution in [-0.4, -0.2) is 41.9 Å². The second-order valence-electron chi connectivity index (χ2n) is 6.92. The monoisotopic (exact) mass is 393 g/mol. The van der Waals surface area contributed by atoms with Gasteiger partial charge in [-0.1, -0.05) is 36.8 Å². The van der Waals surface area contributed by atoms with Crippen LogP contribution in [0.1, 0.15) is 34.1 Å². The summed E-state index contributed by atoms with van der Waals surface area (Å²) >= 11 is 0. The fraction of sp³-hybridized carbons (Fsp3) is 0.304. The predicted molar refractivity (Wildman–Crippen MR) is 113 cm³/mol. The molecule has 0 N–H and O–H groups in total. The molecule has 0 fully saturated rings. The number of carbonyl (C=O) groups is 1. The van der Waals surface area contributed by atoms with Crippen LogP contribution in [0.15, 0.2) is 48.7 Å². The van der Waals surface area contributed by atoms with E-state index in [-0.39, 0.29) is 5.91 Å². The highest BCUT2D eigenvalue weighted by Gasteiger charge is 2.22. The van der Waals surface area contributed by atoms with Gasteiger partial charge in [-0.15, -0.1) is 0 Å². The van der Waals surface area contributed by atoms with Crippen LogP contribution in [0.2, 0.25) is 0 Å². The number of hydrogen-bond acceptors (Lipinski definition) is 4. The zero-order valence-corrected chi connectivity index (χ0v) is 17.6. The number of benzene rings is 2. The first-order chi connectivity index (χ1) is 14.0. The van der Waals surface area contributed by atoms with Gasteiger partial charge in [0.2, 0.25) is 0 Å². The second kappa shape index (κ2) is 8.82. The predicted octanol–water partition coefficient (Wildman–Crippen LogP) is 4.03. The topological polar surface area (TPSA) is 56.6 Å². The van der Waals surface area contributed by atoms with Crippen LogP contribution in [0.5, 0.6) is 11.5 Å². The lowest BCUT2D eigenvalue weighted by Gasteiger charge is -2.20. The van der Waals surface area contributed by atoms with Gasteiger partial charge in [-0.2, -0.15) is 5.10 Å². The molecule has 0 spiro atoms. The van der Waals surface area contributed by atoms with Gasteiger partial charge in [-0.05, 0) is 31.5 Å². The summed E-state index contributed by atoms with van der Waals surface area (Å²) in [6, 6.07) is 13.8. The van der Waals surface area contributed by atoms with E-state index in [2.05, 4.69) is 5.10 Å². The molecule has 29 heavy (non-hydrogen) atoms. The highest BCUT2D eigenvalue weighted by Crippen LogP contribution is 2.31. The number of hydrogen-bond donors (Lipinski definition) is 0. The minimum atomic E-state index is -0.0786. The molecule has 1 heterocycles. The number of para-hydroxylation sites is 1. The van der Waals surface area contributed by atoms with Crippen molar-refractivity contribution < 1.29 is 14.3 Å². The number of amides is 1. The van der Waals surface area contributed by atoms with Gasteiger partial charge >= 0.3 is 0 Å². The van der Waals surface area contributed by atoms with Gasteiger partial charge in [0.25, 0.3) is 5.91 Å². The van der Waals surface area contributed by atoms with Crippen molar-refractivity contribution in [1.29, 1.82) is 0 Å². The Morgan fingerprint density at radius 1 is 1.10 bits per heavy atom. The minimum absolute atomic E-state index is 0.0786. The van der Waals surface area contributed by atoms with Crippen LogP contribution in [0.4, 0.5) is 0 Å². The molecular weight excluding hydrogens is 366 g/mol. The zero-order valence-electron chi connectivity index (χ0n) is 17.6. The summed E-state index contributed by atoms with van der Waals surface area (Å²) in [6.45, 7) is 4.48. The van der Waals surface area contributed by atoms with Crippen molar-refractivity contribution in [3.05, 3.63) is 71.0 Å². The normalized spacial score (nSPS) is 10.7. The van der Waals surface area contributed by atoms with Gasteiger partial charge < -0.3 is 14.4 Å². The van der Waals surface area contributed by atoms with Crippen LogP contribution in [0.3, 0.4) is 0 Å². The minimum Gasteiger partial charge on any atom is -0.493 e. The Morgan fingerprint density at radius 3 is 2.45 bits per heavy atom. The van der Waals surface area contributed by atoms with Crippen molar-refractivity contribution in [2.75, 3.05) is 21.3 Å². The molecule has 0 bridgehead atoms. The molecule has 152 valence electrons. The molecule has 0 radical (unpaired) electrons. The van der Waals surface area contributed by atoms with E-state index in [0.29, 0.717) is 30.0 Å². The third-order valence-electron chi connectivity index (χ3n) is 4.95. The molecule has 0 aliphatic heterocycles. The van der Waals surface area contributed by atoms with Crippen molar-refractivity contribution in [2.24, 2.45) is 0 Å². The first-order valence-electron chi connectivity index (χ1n) is 9.59. The molecule has 3 rings (SSSR count). The SMILES string of the molecule is CCc1c(C(=O)N(C)Cc2cccc(OC)c2OC)cnn1-c1ccc(C)cc1. The van der Waals surface area contributed by atoms with E-state index >= 15 is 0 Å². The average molecular weight is 393 g/mol. The lowest BCUT2D eigenvalue weighted by atomic mass is 10.1. The molecule has 0 saturated carbocycles. The number of nitrogens with zero attached hydrogens (tertiary/aromatic N) is 3. The van der Waals surface area contributed by atoms with Crippen molar-refractivity contribution in [3.63, 3.8) is 0 Å². The number of methoxy groups -OCH3 is 2. The maximum Gasteiger partial charge on any atom is 0.257 e. The summed E-state index contributed by atoms with van der Waals surface area (Å²) in [7, 11) is 4.98. The summed E-state index contributed by atoms with van der Waals surface area (Å²) in [5.74, 6) is 1.21. The van der Waals surface area contributed by atoms with Crippen LogP contribution in [0.25, 0.3) is 5.69 Å². The number of rotatable bonds is 7. The van der Waals surface area contributed by atoms with E-state index in [4.69, 9.17) is 9.47 Å². The Bertz CT molecular complexity index is 993. The van der Waals surface area contributed by atoms with E-state index in [1.54, 1.807) is 32.4 Å². The summed E-state index contributed by atoms with van der Waals surface area (Å²) in [4.78, 5) is 14.9. The largest absolute Gasteiger partial charge is 0.493 e. The number of aryl methyl sites for hydroxylation is 1. The van der Waals surface area contributed by atoms with Crippen LogP contribution < -0.4 is 9.47 Å². The van der Waals surface area contributed by atoms with Gasteiger partial charge in [0.15, 0.2) is 11.5 Å². The van der Waals surface area contributed by atoms with Crippen LogP contribution in [-0.2, 0) is 13.0 Å². The maximum atomic E-state index is 13.2. The lowest BCUT2D eigenvalue weighted by molar-refractivity contribution is 0.0783. The van der Waals surface area contributed by atoms with Crippen molar-refractivity contribution >= 4 is 5.91 Å². The molecular formula is C23H27N3O3. The highest BCUT2D eigenvalue weighted by molar-refractivity contribution is 5.95. The third-order valence-corrected chi connectivity index (χ3v) is 4.95. The molecule has 6 nitrogen and oxygen atoms in total. The summed E-state index contributed by atoms with van der Waals surface area (Å²) in [6.07, 6.45) is 2.35. The molecule has 6 heteroatoms. The Labute approximate surface area is 171 Å². The number of ether oxygens (including phenoxy) is 2. The number of carbonyl (C=O) groups excluding carboxylic acids is 1. The van der Waals surface area contributed by atoms with E-state index in [1.807, 2.05) is 61.0 Å².